The SMILES string of the molecule is O=Cc1ccc(C=O)o1.O=Cc1ccc(C=O)o1. The largest absolute Gasteiger partial charge is 0.450 e. The molecule has 0 aliphatic heterocycles. The Morgan fingerprint density at radius 2 is 0.778 bits per heavy atom. The van der Waals surface area contributed by atoms with E-state index >= 15 is 0 Å². The number of rotatable bonds is 4. The van der Waals surface area contributed by atoms with E-state index in [1.807, 2.05) is 0 Å². The van der Waals surface area contributed by atoms with Crippen molar-refractivity contribution in [1.29, 1.82) is 0 Å². The lowest BCUT2D eigenvalue weighted by Gasteiger charge is -1.75. The summed E-state index contributed by atoms with van der Waals surface area (Å²) in [6, 6.07) is 5.76. The van der Waals surface area contributed by atoms with Crippen LogP contribution in [0.25, 0.3) is 0 Å². The highest BCUT2D eigenvalue weighted by molar-refractivity contribution is 5.76. The van der Waals surface area contributed by atoms with Gasteiger partial charge in [0.05, 0.1) is 0 Å². The Bertz CT molecular complexity index is 453. The minimum absolute atomic E-state index is 0.178. The van der Waals surface area contributed by atoms with Gasteiger partial charge in [-0.05, 0) is 24.3 Å². The van der Waals surface area contributed by atoms with Gasteiger partial charge in [-0.1, -0.05) is 0 Å². The van der Waals surface area contributed by atoms with E-state index in [2.05, 4.69) is 8.83 Å². The molecule has 0 spiro atoms. The van der Waals surface area contributed by atoms with Crippen molar-refractivity contribution in [2.24, 2.45) is 0 Å². The highest BCUT2D eigenvalue weighted by Crippen LogP contribution is 2.01. The van der Waals surface area contributed by atoms with Crippen LogP contribution in [0.1, 0.15) is 42.2 Å². The predicted molar refractivity (Wildman–Crippen MR) is 59.0 cm³/mol. The third kappa shape index (κ3) is 3.67. The second-order valence-corrected chi connectivity index (χ2v) is 2.95. The molecule has 18 heavy (non-hydrogen) atoms. The van der Waals surface area contributed by atoms with Gasteiger partial charge < -0.3 is 8.83 Å². The lowest BCUT2D eigenvalue weighted by atomic mass is 10.4. The normalized spacial score (nSPS) is 8.89. The number of carbonyl (C=O) groups excluding carboxylic acids is 4. The first-order valence-corrected chi connectivity index (χ1v) is 4.74. The zero-order valence-corrected chi connectivity index (χ0v) is 9.07. The molecule has 0 unspecified atom stereocenters. The lowest BCUT2D eigenvalue weighted by Crippen LogP contribution is -1.70. The quantitative estimate of drug-likeness (QED) is 0.765. The second-order valence-electron chi connectivity index (χ2n) is 2.95. The van der Waals surface area contributed by atoms with Crippen LogP contribution in [0, 0.1) is 0 Å². The molecule has 0 amide bonds. The number of hydrogen-bond acceptors (Lipinski definition) is 6. The molecule has 2 heterocycles. The van der Waals surface area contributed by atoms with Gasteiger partial charge in [0.15, 0.2) is 48.2 Å². The zero-order valence-electron chi connectivity index (χ0n) is 9.07. The standard InChI is InChI=1S/2C6H4O3/c2*7-3-5-1-2-6(4-8)9-5/h2*1-4H. The summed E-state index contributed by atoms with van der Waals surface area (Å²) in [6.45, 7) is 0. The minimum Gasteiger partial charge on any atom is -0.450 e. The first-order valence-electron chi connectivity index (χ1n) is 4.74. The molecule has 0 atom stereocenters. The van der Waals surface area contributed by atoms with Gasteiger partial charge in [-0.2, -0.15) is 0 Å². The number of furan rings is 2. The molecule has 0 saturated carbocycles. The third-order valence-corrected chi connectivity index (χ3v) is 1.76. The van der Waals surface area contributed by atoms with Crippen LogP contribution in [-0.2, 0) is 0 Å². The smallest absolute Gasteiger partial charge is 0.185 e. The predicted octanol–water partition coefficient (Wildman–Crippen LogP) is 1.81. The summed E-state index contributed by atoms with van der Waals surface area (Å²) < 4.78 is 9.29. The van der Waals surface area contributed by atoms with E-state index in [1.165, 1.54) is 24.3 Å². The molecule has 0 radical (unpaired) electrons. The Kier molecular flexibility index (Phi) is 4.98. The summed E-state index contributed by atoms with van der Waals surface area (Å²) in [5.41, 5.74) is 0. The van der Waals surface area contributed by atoms with Gasteiger partial charge in [-0.3, -0.25) is 19.2 Å². The van der Waals surface area contributed by atoms with E-state index in [-0.39, 0.29) is 23.0 Å². The first kappa shape index (κ1) is 13.3. The third-order valence-electron chi connectivity index (χ3n) is 1.76. The van der Waals surface area contributed by atoms with Crippen molar-refractivity contribution >= 4 is 25.1 Å². The van der Waals surface area contributed by atoms with Crippen LogP contribution >= 0.6 is 0 Å². The van der Waals surface area contributed by atoms with Crippen molar-refractivity contribution in [3.8, 4) is 0 Å². The van der Waals surface area contributed by atoms with Crippen molar-refractivity contribution in [3.05, 3.63) is 47.3 Å². The molecule has 0 bridgehead atoms. The highest BCUT2D eigenvalue weighted by atomic mass is 16.4. The Balaban J connectivity index is 0.000000180. The summed E-state index contributed by atoms with van der Waals surface area (Å²) >= 11 is 0. The second kappa shape index (κ2) is 6.74. The van der Waals surface area contributed by atoms with Crippen molar-refractivity contribution in [2.45, 2.75) is 0 Å². The Morgan fingerprint density at radius 1 is 0.556 bits per heavy atom. The van der Waals surface area contributed by atoms with E-state index in [0.29, 0.717) is 25.1 Å². The van der Waals surface area contributed by atoms with Crippen LogP contribution in [0.2, 0.25) is 0 Å². The fraction of sp³-hybridized carbons (Fsp3) is 0. The number of aldehydes is 4. The van der Waals surface area contributed by atoms with Crippen LogP contribution in [0.5, 0.6) is 0 Å². The van der Waals surface area contributed by atoms with E-state index in [4.69, 9.17) is 0 Å². The minimum atomic E-state index is 0.178. The lowest BCUT2D eigenvalue weighted by molar-refractivity contribution is 0.106. The van der Waals surface area contributed by atoms with Crippen LogP contribution < -0.4 is 0 Å². The zero-order chi connectivity index (χ0) is 13.4. The van der Waals surface area contributed by atoms with Gasteiger partial charge in [0.1, 0.15) is 0 Å². The average Bonchev–Trinajstić information content (AvgIpc) is 3.07. The van der Waals surface area contributed by atoms with E-state index in [1.54, 1.807) is 0 Å². The first-order chi connectivity index (χ1) is 8.73. The van der Waals surface area contributed by atoms with Crippen LogP contribution in [0.15, 0.2) is 33.1 Å². The van der Waals surface area contributed by atoms with Crippen LogP contribution in [0.4, 0.5) is 0 Å². The molecular weight excluding hydrogens is 240 g/mol. The average molecular weight is 248 g/mol. The molecule has 6 nitrogen and oxygen atoms in total. The summed E-state index contributed by atoms with van der Waals surface area (Å²) in [4.78, 5) is 39.7. The number of carbonyl (C=O) groups is 4. The molecule has 6 heteroatoms. The van der Waals surface area contributed by atoms with Crippen LogP contribution in [-0.4, -0.2) is 25.1 Å². The van der Waals surface area contributed by atoms with Gasteiger partial charge >= 0.3 is 0 Å². The fourth-order valence-electron chi connectivity index (χ4n) is 0.990. The monoisotopic (exact) mass is 248 g/mol. The molecule has 2 rings (SSSR count). The molecule has 2 aromatic rings. The summed E-state index contributed by atoms with van der Waals surface area (Å²) in [5, 5.41) is 0. The molecule has 0 aromatic carbocycles. The van der Waals surface area contributed by atoms with E-state index < -0.39 is 0 Å². The van der Waals surface area contributed by atoms with Crippen molar-refractivity contribution in [2.75, 3.05) is 0 Å². The van der Waals surface area contributed by atoms with Gasteiger partial charge in [0.25, 0.3) is 0 Å². The maximum Gasteiger partial charge on any atom is 0.185 e. The molecule has 92 valence electrons. The maximum absolute atomic E-state index is 9.93. The fourth-order valence-corrected chi connectivity index (χ4v) is 0.990. The maximum atomic E-state index is 9.93. The molecule has 0 fully saturated rings. The topological polar surface area (TPSA) is 94.6 Å². The van der Waals surface area contributed by atoms with Crippen molar-refractivity contribution in [3.63, 3.8) is 0 Å². The van der Waals surface area contributed by atoms with E-state index in [0.717, 1.165) is 0 Å². The van der Waals surface area contributed by atoms with Gasteiger partial charge in [-0.25, -0.2) is 0 Å². The Morgan fingerprint density at radius 3 is 0.889 bits per heavy atom. The van der Waals surface area contributed by atoms with E-state index in [9.17, 15) is 19.2 Å². The molecular formula is C12H8O6. The highest BCUT2D eigenvalue weighted by Gasteiger charge is 1.96. The summed E-state index contributed by atoms with van der Waals surface area (Å²) in [6.07, 6.45) is 2.19. The molecule has 0 aliphatic rings. The Labute approximate surface area is 101 Å². The Hall–Kier alpha value is -2.76. The molecule has 0 saturated heterocycles. The van der Waals surface area contributed by atoms with Crippen LogP contribution in [0.3, 0.4) is 0 Å². The van der Waals surface area contributed by atoms with Crippen molar-refractivity contribution < 1.29 is 28.0 Å². The van der Waals surface area contributed by atoms with Crippen molar-refractivity contribution in [1.82, 2.24) is 0 Å². The molecule has 2 aromatic heterocycles. The summed E-state index contributed by atoms with van der Waals surface area (Å²) in [5.74, 6) is 0.711. The molecule has 0 aliphatic carbocycles. The number of hydrogen-bond donors (Lipinski definition) is 0. The van der Waals surface area contributed by atoms with Gasteiger partial charge in [0, 0.05) is 0 Å². The molecule has 0 N–H and O–H groups in total. The van der Waals surface area contributed by atoms with Gasteiger partial charge in [-0.15, -0.1) is 0 Å². The van der Waals surface area contributed by atoms with Gasteiger partial charge in [0.2, 0.25) is 0 Å². The summed E-state index contributed by atoms with van der Waals surface area (Å²) in [7, 11) is 0.